The van der Waals surface area contributed by atoms with Gasteiger partial charge in [0.25, 0.3) is 0 Å². The van der Waals surface area contributed by atoms with Gasteiger partial charge < -0.3 is 10.4 Å². The molecule has 2 aliphatic rings. The predicted molar refractivity (Wildman–Crippen MR) is 110 cm³/mol. The van der Waals surface area contributed by atoms with Crippen molar-refractivity contribution in [3.8, 4) is 11.1 Å². The lowest BCUT2D eigenvalue weighted by atomic mass is 9.80. The Bertz CT molecular complexity index is 1030. The maximum Gasteiger partial charge on any atom is 0.238 e. The van der Waals surface area contributed by atoms with Crippen LogP contribution in [0.25, 0.3) is 11.1 Å². The fourth-order valence-electron chi connectivity index (χ4n) is 3.57. The van der Waals surface area contributed by atoms with Crippen LogP contribution in [-0.2, 0) is 16.6 Å². The summed E-state index contributed by atoms with van der Waals surface area (Å²) in [7, 11) is -3.94. The summed E-state index contributed by atoms with van der Waals surface area (Å²) >= 11 is 0. The Hall–Kier alpha value is -2.50. The number of nitrogens with zero attached hydrogens (tertiary/aromatic N) is 1. The molecule has 29 heavy (non-hydrogen) atoms. The molecule has 0 bridgehead atoms. The van der Waals surface area contributed by atoms with Crippen molar-refractivity contribution >= 4 is 15.9 Å². The lowest BCUT2D eigenvalue weighted by Gasteiger charge is -2.36. The summed E-state index contributed by atoms with van der Waals surface area (Å²) < 4.78 is 24.2. The Morgan fingerprint density at radius 1 is 1.17 bits per heavy atom. The summed E-state index contributed by atoms with van der Waals surface area (Å²) in [5, 5.41) is 22.9. The lowest BCUT2D eigenvalue weighted by molar-refractivity contribution is -0.0314. The Morgan fingerprint density at radius 2 is 1.93 bits per heavy atom. The number of hydrazine groups is 2. The van der Waals surface area contributed by atoms with Gasteiger partial charge in [0.15, 0.2) is 5.84 Å². The molecule has 9 nitrogen and oxygen atoms in total. The van der Waals surface area contributed by atoms with Crippen molar-refractivity contribution in [2.75, 3.05) is 6.54 Å². The molecule has 2 aromatic rings. The van der Waals surface area contributed by atoms with E-state index in [1.54, 1.807) is 6.07 Å². The molecule has 4 rings (SSSR count). The van der Waals surface area contributed by atoms with Crippen molar-refractivity contribution in [2.24, 2.45) is 10.2 Å². The minimum Gasteiger partial charge on any atom is -0.389 e. The van der Waals surface area contributed by atoms with Crippen LogP contribution < -0.4 is 27.0 Å². The van der Waals surface area contributed by atoms with Crippen LogP contribution in [0.2, 0.25) is 0 Å². The minimum atomic E-state index is -3.94. The molecule has 1 aliphatic heterocycles. The fourth-order valence-corrected chi connectivity index (χ4v) is 4.33. The Kier molecular flexibility index (Phi) is 5.28. The van der Waals surface area contributed by atoms with Gasteiger partial charge in [0.05, 0.1) is 10.5 Å². The molecule has 1 aliphatic carbocycles. The van der Waals surface area contributed by atoms with Gasteiger partial charge in [-0.1, -0.05) is 36.4 Å². The van der Waals surface area contributed by atoms with E-state index in [4.69, 9.17) is 5.14 Å². The standard InChI is InChI=1S/C19H24N6O3S/c20-29(27,28)16-4-1-3-15(17(16)18-22-24-25-23-18)14-7-5-13(6-8-14)11-21-12-19(26)9-2-10-19/h1,3-8,21,24-26H,2,9-12H2,(H,22,23)(H2,20,27,28). The first kappa shape index (κ1) is 19.8. The molecule has 0 radical (unpaired) electrons. The predicted octanol–water partition coefficient (Wildman–Crippen LogP) is 0.280. The van der Waals surface area contributed by atoms with E-state index in [1.165, 1.54) is 6.07 Å². The third kappa shape index (κ3) is 4.26. The second kappa shape index (κ2) is 7.73. The zero-order valence-corrected chi connectivity index (χ0v) is 16.6. The van der Waals surface area contributed by atoms with Crippen molar-refractivity contribution in [2.45, 2.75) is 36.3 Å². The number of hydrazone groups is 1. The van der Waals surface area contributed by atoms with Gasteiger partial charge in [-0.25, -0.2) is 19.1 Å². The smallest absolute Gasteiger partial charge is 0.238 e. The highest BCUT2D eigenvalue weighted by Crippen LogP contribution is 2.31. The minimum absolute atomic E-state index is 0.00812. The number of aliphatic hydroxyl groups is 1. The molecule has 7 N–H and O–H groups in total. The van der Waals surface area contributed by atoms with E-state index >= 15 is 0 Å². The number of sulfonamides is 1. The molecule has 154 valence electrons. The van der Waals surface area contributed by atoms with Crippen molar-refractivity contribution in [1.29, 1.82) is 0 Å². The molecule has 0 aromatic heterocycles. The van der Waals surface area contributed by atoms with E-state index < -0.39 is 15.6 Å². The quantitative estimate of drug-likeness (QED) is 0.381. The van der Waals surface area contributed by atoms with E-state index in [0.717, 1.165) is 30.4 Å². The molecule has 1 saturated carbocycles. The zero-order valence-electron chi connectivity index (χ0n) is 15.8. The van der Waals surface area contributed by atoms with Crippen molar-refractivity contribution in [3.63, 3.8) is 0 Å². The van der Waals surface area contributed by atoms with E-state index in [9.17, 15) is 13.5 Å². The van der Waals surface area contributed by atoms with E-state index in [1.807, 2.05) is 30.3 Å². The zero-order chi connectivity index (χ0) is 20.5. The first-order valence-electron chi connectivity index (χ1n) is 9.38. The molecule has 0 amide bonds. The monoisotopic (exact) mass is 416 g/mol. The van der Waals surface area contributed by atoms with Gasteiger partial charge in [-0.2, -0.15) is 0 Å². The summed E-state index contributed by atoms with van der Waals surface area (Å²) in [4.78, 5) is -0.00812. The average Bonchev–Trinajstić information content (AvgIpc) is 3.20. The SMILES string of the molecule is NS(=O)(=O)c1cccc(-c2ccc(CNCC3(O)CCC3)cc2)c1C1=NNNN1. The van der Waals surface area contributed by atoms with Gasteiger partial charge >= 0.3 is 0 Å². The highest BCUT2D eigenvalue weighted by molar-refractivity contribution is 7.89. The molecule has 10 heteroatoms. The lowest BCUT2D eigenvalue weighted by Crippen LogP contribution is -2.45. The number of amidine groups is 1. The molecule has 0 spiro atoms. The van der Waals surface area contributed by atoms with Gasteiger partial charge in [-0.3, -0.25) is 5.43 Å². The number of nitrogens with one attached hydrogen (secondary N) is 4. The first-order chi connectivity index (χ1) is 13.9. The van der Waals surface area contributed by atoms with Crippen LogP contribution in [0.3, 0.4) is 0 Å². The fraction of sp³-hybridized carbons (Fsp3) is 0.316. The highest BCUT2D eigenvalue weighted by atomic mass is 32.2. The molecule has 1 heterocycles. The van der Waals surface area contributed by atoms with E-state index in [0.29, 0.717) is 30.1 Å². The second-order valence-electron chi connectivity index (χ2n) is 7.42. The van der Waals surface area contributed by atoms with Crippen LogP contribution in [0, 0.1) is 0 Å². The average molecular weight is 417 g/mol. The first-order valence-corrected chi connectivity index (χ1v) is 10.9. The Morgan fingerprint density at radius 3 is 2.52 bits per heavy atom. The molecule has 1 fully saturated rings. The van der Waals surface area contributed by atoms with Crippen LogP contribution in [0.1, 0.15) is 30.4 Å². The Balaban J connectivity index is 1.59. The number of rotatable bonds is 7. The van der Waals surface area contributed by atoms with Gasteiger partial charge in [0.1, 0.15) is 0 Å². The maximum atomic E-state index is 12.1. The largest absolute Gasteiger partial charge is 0.389 e. The highest BCUT2D eigenvalue weighted by Gasteiger charge is 2.33. The second-order valence-corrected chi connectivity index (χ2v) is 8.95. The number of benzene rings is 2. The molecule has 0 atom stereocenters. The van der Waals surface area contributed by atoms with E-state index in [-0.39, 0.29) is 4.90 Å². The van der Waals surface area contributed by atoms with Gasteiger partial charge in [-0.05, 0) is 42.0 Å². The van der Waals surface area contributed by atoms with E-state index in [2.05, 4.69) is 26.9 Å². The molecule has 2 aromatic carbocycles. The number of hydrogen-bond donors (Lipinski definition) is 6. The topological polar surface area (TPSA) is 141 Å². The van der Waals surface area contributed by atoms with Gasteiger partial charge in [-0.15, -0.1) is 10.6 Å². The number of nitrogens with two attached hydrogens (primary N) is 1. The summed E-state index contributed by atoms with van der Waals surface area (Å²) in [5.41, 5.74) is 10.4. The van der Waals surface area contributed by atoms with Crippen molar-refractivity contribution in [3.05, 3.63) is 53.6 Å². The maximum absolute atomic E-state index is 12.1. The third-order valence-corrected chi connectivity index (χ3v) is 6.26. The molecule has 0 unspecified atom stereocenters. The number of hydrogen-bond acceptors (Lipinski definition) is 8. The normalized spacial score (nSPS) is 17.8. The van der Waals surface area contributed by atoms with Crippen LogP contribution >= 0.6 is 0 Å². The number of primary sulfonamides is 1. The molecular formula is C19H24N6O3S. The summed E-state index contributed by atoms with van der Waals surface area (Å²) in [6, 6.07) is 12.7. The third-order valence-electron chi connectivity index (χ3n) is 5.31. The van der Waals surface area contributed by atoms with Crippen molar-refractivity contribution < 1.29 is 13.5 Å². The van der Waals surface area contributed by atoms with Crippen LogP contribution in [0.15, 0.2) is 52.5 Å². The van der Waals surface area contributed by atoms with Gasteiger partial charge in [0.2, 0.25) is 10.0 Å². The van der Waals surface area contributed by atoms with Gasteiger partial charge in [0, 0.05) is 18.7 Å². The molecule has 0 saturated heterocycles. The van der Waals surface area contributed by atoms with Crippen LogP contribution in [-0.4, -0.2) is 31.5 Å². The van der Waals surface area contributed by atoms with Crippen LogP contribution in [0.5, 0.6) is 0 Å². The van der Waals surface area contributed by atoms with Crippen LogP contribution in [0.4, 0.5) is 0 Å². The summed E-state index contributed by atoms with van der Waals surface area (Å²) in [6.07, 6.45) is 2.78. The molecular weight excluding hydrogens is 392 g/mol. The van der Waals surface area contributed by atoms with Crippen molar-refractivity contribution in [1.82, 2.24) is 21.8 Å². The summed E-state index contributed by atoms with van der Waals surface area (Å²) in [6.45, 7) is 1.23. The Labute approximate surface area is 169 Å². The summed E-state index contributed by atoms with van der Waals surface area (Å²) in [5.74, 6) is 0.337.